The second kappa shape index (κ2) is 5.64. The molecule has 1 aromatic heterocycles. The average molecular weight is 240 g/mol. The number of aromatic amines is 1. The third kappa shape index (κ3) is 3.30. The fourth-order valence-corrected chi connectivity index (χ4v) is 1.21. The van der Waals surface area contributed by atoms with Gasteiger partial charge >= 0.3 is 5.97 Å². The van der Waals surface area contributed by atoms with Gasteiger partial charge in [-0.2, -0.15) is 4.98 Å². The van der Waals surface area contributed by atoms with Gasteiger partial charge in [-0.1, -0.05) is 0 Å². The van der Waals surface area contributed by atoms with E-state index in [0.29, 0.717) is 6.41 Å². The molecule has 0 spiro atoms. The van der Waals surface area contributed by atoms with Crippen molar-refractivity contribution in [3.05, 3.63) is 15.9 Å². The van der Waals surface area contributed by atoms with E-state index in [4.69, 9.17) is 10.5 Å². The highest BCUT2D eigenvalue weighted by Crippen LogP contribution is 2.09. The molecular formula is C9H12N4O4. The van der Waals surface area contributed by atoms with Crippen LogP contribution in [0.4, 0.5) is 11.8 Å². The van der Waals surface area contributed by atoms with Crippen LogP contribution in [0.15, 0.2) is 4.79 Å². The zero-order chi connectivity index (χ0) is 12.8. The summed E-state index contributed by atoms with van der Waals surface area (Å²) in [6.45, 7) is 1.85. The fraction of sp³-hybridized carbons (Fsp3) is 0.333. The first-order chi connectivity index (χ1) is 8.08. The number of hydrogen-bond acceptors (Lipinski definition) is 6. The number of anilines is 2. The van der Waals surface area contributed by atoms with E-state index >= 15 is 0 Å². The van der Waals surface area contributed by atoms with E-state index < -0.39 is 11.5 Å². The van der Waals surface area contributed by atoms with Crippen LogP contribution < -0.4 is 16.6 Å². The van der Waals surface area contributed by atoms with Gasteiger partial charge in [0.25, 0.3) is 5.56 Å². The van der Waals surface area contributed by atoms with Crippen molar-refractivity contribution in [2.75, 3.05) is 17.7 Å². The maximum atomic E-state index is 11.5. The number of nitrogen functional groups attached to an aromatic ring is 1. The van der Waals surface area contributed by atoms with Crippen molar-refractivity contribution < 1.29 is 14.3 Å². The number of nitrogens with one attached hydrogen (secondary N) is 2. The monoisotopic (exact) mass is 240 g/mol. The Bertz CT molecular complexity index is 482. The smallest absolute Gasteiger partial charge is 0.310 e. The Morgan fingerprint density at radius 3 is 2.94 bits per heavy atom. The third-order valence-electron chi connectivity index (χ3n) is 1.86. The minimum Gasteiger partial charge on any atom is -0.466 e. The van der Waals surface area contributed by atoms with Crippen molar-refractivity contribution in [1.82, 2.24) is 9.97 Å². The van der Waals surface area contributed by atoms with Crippen molar-refractivity contribution >= 4 is 24.1 Å². The molecule has 1 aromatic rings. The topological polar surface area (TPSA) is 127 Å². The molecule has 0 aliphatic heterocycles. The van der Waals surface area contributed by atoms with E-state index in [1.807, 2.05) is 0 Å². The predicted molar refractivity (Wildman–Crippen MR) is 59.3 cm³/mol. The van der Waals surface area contributed by atoms with Gasteiger partial charge in [-0.3, -0.25) is 19.4 Å². The number of rotatable bonds is 5. The molecule has 0 saturated carbocycles. The highest BCUT2D eigenvalue weighted by molar-refractivity contribution is 5.77. The number of H-pyrrole nitrogens is 1. The molecule has 0 bridgehead atoms. The molecule has 8 heteroatoms. The predicted octanol–water partition coefficient (Wildman–Crippen LogP) is -0.974. The minimum atomic E-state index is -0.588. The highest BCUT2D eigenvalue weighted by Gasteiger charge is 2.15. The maximum absolute atomic E-state index is 11.5. The summed E-state index contributed by atoms with van der Waals surface area (Å²) < 4.78 is 4.70. The lowest BCUT2D eigenvalue weighted by atomic mass is 10.2. The lowest BCUT2D eigenvalue weighted by molar-refractivity contribution is -0.142. The standard InChI is InChI=1S/C9H12N4O4/c1-2-17-6(15)3-5-7(11-4-14)12-9(10)13-8(5)16/h4H,2-3H2,1H3,(H4,10,11,12,13,14,16). The Labute approximate surface area is 96.2 Å². The largest absolute Gasteiger partial charge is 0.466 e. The number of aromatic nitrogens is 2. The molecule has 0 atom stereocenters. The van der Waals surface area contributed by atoms with Gasteiger partial charge < -0.3 is 15.8 Å². The second-order valence-corrected chi connectivity index (χ2v) is 3.02. The molecule has 0 radical (unpaired) electrons. The van der Waals surface area contributed by atoms with E-state index in [9.17, 15) is 14.4 Å². The molecule has 0 saturated heterocycles. The van der Waals surface area contributed by atoms with Crippen molar-refractivity contribution in [3.63, 3.8) is 0 Å². The van der Waals surface area contributed by atoms with E-state index in [2.05, 4.69) is 15.3 Å². The van der Waals surface area contributed by atoms with Crippen LogP contribution >= 0.6 is 0 Å². The molecule has 0 fully saturated rings. The first-order valence-electron chi connectivity index (χ1n) is 4.83. The summed E-state index contributed by atoms with van der Waals surface area (Å²) >= 11 is 0. The van der Waals surface area contributed by atoms with E-state index in [1.165, 1.54) is 0 Å². The van der Waals surface area contributed by atoms with Gasteiger partial charge in [-0.05, 0) is 6.92 Å². The van der Waals surface area contributed by atoms with Gasteiger partial charge in [-0.25, -0.2) is 0 Å². The normalized spacial score (nSPS) is 9.71. The molecule has 0 aliphatic rings. The Morgan fingerprint density at radius 1 is 1.65 bits per heavy atom. The SMILES string of the molecule is CCOC(=O)Cc1c(NC=O)nc(N)[nH]c1=O. The van der Waals surface area contributed by atoms with Crippen LogP contribution in [-0.4, -0.2) is 29.0 Å². The maximum Gasteiger partial charge on any atom is 0.310 e. The van der Waals surface area contributed by atoms with Crippen LogP contribution in [0.2, 0.25) is 0 Å². The van der Waals surface area contributed by atoms with Crippen molar-refractivity contribution in [2.45, 2.75) is 13.3 Å². The lowest BCUT2D eigenvalue weighted by Crippen LogP contribution is -2.23. The zero-order valence-electron chi connectivity index (χ0n) is 9.15. The minimum absolute atomic E-state index is 0.00440. The van der Waals surface area contributed by atoms with Gasteiger partial charge in [-0.15, -0.1) is 0 Å². The number of nitrogens with two attached hydrogens (primary N) is 1. The number of amides is 1. The van der Waals surface area contributed by atoms with Gasteiger partial charge in [0.1, 0.15) is 5.82 Å². The summed E-state index contributed by atoms with van der Waals surface area (Å²) in [5.41, 5.74) is 4.73. The van der Waals surface area contributed by atoms with Crippen LogP contribution in [0.1, 0.15) is 12.5 Å². The molecule has 17 heavy (non-hydrogen) atoms. The summed E-state index contributed by atoms with van der Waals surface area (Å²) in [6.07, 6.45) is 0.0580. The average Bonchev–Trinajstić information content (AvgIpc) is 2.24. The molecule has 4 N–H and O–H groups in total. The number of carbonyl (C=O) groups excluding carboxylic acids is 2. The fourth-order valence-electron chi connectivity index (χ4n) is 1.21. The molecule has 1 rings (SSSR count). The molecule has 8 nitrogen and oxygen atoms in total. The van der Waals surface area contributed by atoms with Gasteiger partial charge in [0.05, 0.1) is 18.6 Å². The Balaban J connectivity index is 3.07. The molecule has 0 aromatic carbocycles. The second-order valence-electron chi connectivity index (χ2n) is 3.02. The molecule has 92 valence electrons. The number of ether oxygens (including phenoxy) is 1. The number of carbonyl (C=O) groups is 2. The van der Waals surface area contributed by atoms with Gasteiger partial charge in [0.15, 0.2) is 0 Å². The van der Waals surface area contributed by atoms with Crippen LogP contribution in [0.3, 0.4) is 0 Å². The van der Waals surface area contributed by atoms with E-state index in [1.54, 1.807) is 6.92 Å². The summed E-state index contributed by atoms with van der Waals surface area (Å²) in [4.78, 5) is 39.1. The van der Waals surface area contributed by atoms with Crippen molar-refractivity contribution in [1.29, 1.82) is 0 Å². The number of nitrogens with zero attached hydrogens (tertiary/aromatic N) is 1. The van der Waals surface area contributed by atoms with Crippen LogP contribution in [0.5, 0.6) is 0 Å². The molecule has 0 unspecified atom stereocenters. The molecule has 1 heterocycles. The number of hydrogen-bond donors (Lipinski definition) is 3. The van der Waals surface area contributed by atoms with Crippen LogP contribution in [0.25, 0.3) is 0 Å². The first kappa shape index (κ1) is 12.7. The quantitative estimate of drug-likeness (QED) is 0.448. The summed E-state index contributed by atoms with van der Waals surface area (Å²) in [5, 5.41) is 2.21. The van der Waals surface area contributed by atoms with Crippen molar-refractivity contribution in [2.24, 2.45) is 0 Å². The number of esters is 1. The van der Waals surface area contributed by atoms with Gasteiger partial charge in [0, 0.05) is 0 Å². The molecule has 1 amide bonds. The summed E-state index contributed by atoms with van der Waals surface area (Å²) in [6, 6.07) is 0. The van der Waals surface area contributed by atoms with Crippen LogP contribution in [-0.2, 0) is 20.7 Å². The van der Waals surface area contributed by atoms with Gasteiger partial charge in [0.2, 0.25) is 12.4 Å². The Morgan fingerprint density at radius 2 is 2.35 bits per heavy atom. The van der Waals surface area contributed by atoms with E-state index in [0.717, 1.165) is 0 Å². The third-order valence-corrected chi connectivity index (χ3v) is 1.86. The Hall–Kier alpha value is -2.38. The Kier molecular flexibility index (Phi) is 4.21. The molecule has 0 aliphatic carbocycles. The summed E-state index contributed by atoms with van der Waals surface area (Å²) in [5.74, 6) is -0.778. The van der Waals surface area contributed by atoms with Crippen molar-refractivity contribution in [3.8, 4) is 0 Å². The lowest BCUT2D eigenvalue weighted by Gasteiger charge is -2.06. The summed E-state index contributed by atoms with van der Waals surface area (Å²) in [7, 11) is 0. The zero-order valence-corrected chi connectivity index (χ0v) is 9.15. The highest BCUT2D eigenvalue weighted by atomic mass is 16.5. The molecular weight excluding hydrogens is 228 g/mol. The van der Waals surface area contributed by atoms with E-state index in [-0.39, 0.29) is 30.4 Å². The van der Waals surface area contributed by atoms with Crippen LogP contribution in [0, 0.1) is 0 Å². The first-order valence-corrected chi connectivity index (χ1v) is 4.83.